The lowest BCUT2D eigenvalue weighted by atomic mass is 9.84. The third-order valence-electron chi connectivity index (χ3n) is 5.64. The Morgan fingerprint density at radius 1 is 0.970 bits per heavy atom. The van der Waals surface area contributed by atoms with Crippen LogP contribution in [0.2, 0.25) is 0 Å². The van der Waals surface area contributed by atoms with E-state index >= 15 is 0 Å². The topological polar surface area (TPSA) is 65.0 Å². The van der Waals surface area contributed by atoms with Crippen molar-refractivity contribution in [3.63, 3.8) is 0 Å². The lowest BCUT2D eigenvalue weighted by Gasteiger charge is -2.21. The molecule has 176 valence electrons. The number of esters is 1. The highest BCUT2D eigenvalue weighted by molar-refractivity contribution is 7.11. The average molecular weight is 469 g/mol. The summed E-state index contributed by atoms with van der Waals surface area (Å²) in [5.41, 5.74) is 2.52. The van der Waals surface area contributed by atoms with Gasteiger partial charge in [0.15, 0.2) is 6.29 Å². The first kappa shape index (κ1) is 24.8. The number of thiophene rings is 1. The van der Waals surface area contributed by atoms with Crippen molar-refractivity contribution in [2.45, 2.75) is 51.7 Å². The molecule has 5 nitrogen and oxygen atoms in total. The minimum atomic E-state index is -0.451. The SMILES string of the molecule is CCC(CC(C)c1ccc(O)cc1)c1ccc(OC(C)OCCOC(=O)c2cccs2)cc1. The van der Waals surface area contributed by atoms with Gasteiger partial charge in [0.1, 0.15) is 23.0 Å². The van der Waals surface area contributed by atoms with Crippen LogP contribution >= 0.6 is 11.3 Å². The van der Waals surface area contributed by atoms with E-state index < -0.39 is 6.29 Å². The summed E-state index contributed by atoms with van der Waals surface area (Å²) in [5, 5.41) is 11.4. The van der Waals surface area contributed by atoms with E-state index in [1.807, 2.05) is 42.6 Å². The van der Waals surface area contributed by atoms with Crippen molar-refractivity contribution in [2.24, 2.45) is 0 Å². The summed E-state index contributed by atoms with van der Waals surface area (Å²) in [5.74, 6) is 1.54. The lowest BCUT2D eigenvalue weighted by molar-refractivity contribution is -0.0783. The van der Waals surface area contributed by atoms with Crippen LogP contribution in [0.3, 0.4) is 0 Å². The Bertz CT molecular complexity index is 967. The molecule has 0 fully saturated rings. The van der Waals surface area contributed by atoms with Gasteiger partial charge in [0.2, 0.25) is 0 Å². The molecule has 0 spiro atoms. The van der Waals surface area contributed by atoms with Crippen molar-refractivity contribution in [2.75, 3.05) is 13.2 Å². The molecule has 0 saturated heterocycles. The van der Waals surface area contributed by atoms with Crippen LogP contribution in [0.1, 0.15) is 66.2 Å². The summed E-state index contributed by atoms with van der Waals surface area (Å²) in [7, 11) is 0. The van der Waals surface area contributed by atoms with Gasteiger partial charge in [0, 0.05) is 0 Å². The highest BCUT2D eigenvalue weighted by atomic mass is 32.1. The summed E-state index contributed by atoms with van der Waals surface area (Å²) >= 11 is 1.35. The summed E-state index contributed by atoms with van der Waals surface area (Å²) in [4.78, 5) is 12.4. The Morgan fingerprint density at radius 2 is 1.67 bits per heavy atom. The van der Waals surface area contributed by atoms with Crippen molar-refractivity contribution < 1.29 is 24.1 Å². The minimum absolute atomic E-state index is 0.181. The number of rotatable bonds is 12. The quantitative estimate of drug-likeness (QED) is 0.181. The maximum Gasteiger partial charge on any atom is 0.348 e. The van der Waals surface area contributed by atoms with E-state index in [0.29, 0.717) is 22.5 Å². The number of hydrogen-bond donors (Lipinski definition) is 1. The Labute approximate surface area is 199 Å². The minimum Gasteiger partial charge on any atom is -0.508 e. The second kappa shape index (κ2) is 12.4. The molecule has 33 heavy (non-hydrogen) atoms. The third kappa shape index (κ3) is 7.62. The fraction of sp³-hybridized carbons (Fsp3) is 0.370. The van der Waals surface area contributed by atoms with Crippen molar-refractivity contribution >= 4 is 17.3 Å². The zero-order valence-corrected chi connectivity index (χ0v) is 20.2. The summed E-state index contributed by atoms with van der Waals surface area (Å²) < 4.78 is 16.6. The normalized spacial score (nSPS) is 13.8. The van der Waals surface area contributed by atoms with Gasteiger partial charge in [-0.05, 0) is 78.4 Å². The molecule has 0 amide bonds. The van der Waals surface area contributed by atoms with E-state index in [4.69, 9.17) is 14.2 Å². The first-order chi connectivity index (χ1) is 16.0. The summed E-state index contributed by atoms with van der Waals surface area (Å²) in [6.07, 6.45) is 1.63. The monoisotopic (exact) mass is 468 g/mol. The van der Waals surface area contributed by atoms with Gasteiger partial charge >= 0.3 is 5.97 Å². The molecule has 0 radical (unpaired) electrons. The smallest absolute Gasteiger partial charge is 0.348 e. The first-order valence-electron chi connectivity index (χ1n) is 11.3. The summed E-state index contributed by atoms with van der Waals surface area (Å²) in [6.45, 7) is 6.70. The molecule has 3 aromatic rings. The van der Waals surface area contributed by atoms with Crippen molar-refractivity contribution in [3.05, 3.63) is 82.0 Å². The predicted octanol–water partition coefficient (Wildman–Crippen LogP) is 6.74. The second-order valence-electron chi connectivity index (χ2n) is 8.07. The Balaban J connectivity index is 1.44. The second-order valence-corrected chi connectivity index (χ2v) is 9.02. The standard InChI is InChI=1S/C27H32O5S/c1-4-21(18-19(2)22-7-11-24(28)12-8-22)23-9-13-25(14-10-23)32-20(3)30-15-16-31-27(29)26-6-5-17-33-26/h5-14,17,19-21,28H,4,15-16,18H2,1-3H3. The lowest BCUT2D eigenvalue weighted by Crippen LogP contribution is -2.20. The zero-order valence-electron chi connectivity index (χ0n) is 19.4. The maximum atomic E-state index is 11.8. The van der Waals surface area contributed by atoms with Gasteiger partial charge in [-0.1, -0.05) is 44.2 Å². The van der Waals surface area contributed by atoms with Gasteiger partial charge in [-0.3, -0.25) is 0 Å². The van der Waals surface area contributed by atoms with E-state index in [9.17, 15) is 9.90 Å². The average Bonchev–Trinajstić information content (AvgIpc) is 3.36. The van der Waals surface area contributed by atoms with Crippen LogP contribution in [-0.2, 0) is 9.47 Å². The third-order valence-corrected chi connectivity index (χ3v) is 6.49. The Kier molecular flexibility index (Phi) is 9.34. The van der Waals surface area contributed by atoms with Gasteiger partial charge in [-0.25, -0.2) is 4.79 Å². The molecular weight excluding hydrogens is 436 g/mol. The molecule has 0 aliphatic heterocycles. The van der Waals surface area contributed by atoms with E-state index in [0.717, 1.165) is 18.6 Å². The molecule has 1 N–H and O–H groups in total. The number of phenolic OH excluding ortho intramolecular Hbond substituents is 1. The Morgan fingerprint density at radius 3 is 2.30 bits per heavy atom. The highest BCUT2D eigenvalue weighted by Gasteiger charge is 2.16. The van der Waals surface area contributed by atoms with Crippen molar-refractivity contribution in [1.29, 1.82) is 0 Å². The number of benzene rings is 2. The van der Waals surface area contributed by atoms with Crippen LogP contribution in [0.25, 0.3) is 0 Å². The van der Waals surface area contributed by atoms with Crippen molar-refractivity contribution in [1.82, 2.24) is 0 Å². The van der Waals surface area contributed by atoms with E-state index in [-0.39, 0.29) is 19.2 Å². The van der Waals surface area contributed by atoms with Gasteiger partial charge in [0.05, 0.1) is 6.61 Å². The number of aromatic hydroxyl groups is 1. The fourth-order valence-electron chi connectivity index (χ4n) is 3.76. The molecule has 3 rings (SSSR count). The van der Waals surface area contributed by atoms with Gasteiger partial charge < -0.3 is 19.3 Å². The molecule has 1 aromatic heterocycles. The van der Waals surface area contributed by atoms with Gasteiger partial charge in [0.25, 0.3) is 0 Å². The molecule has 1 heterocycles. The molecular formula is C27H32O5S. The number of ether oxygens (including phenoxy) is 3. The molecule has 6 heteroatoms. The molecule has 0 aliphatic rings. The Hall–Kier alpha value is -2.83. The predicted molar refractivity (Wildman–Crippen MR) is 131 cm³/mol. The molecule has 0 aliphatic carbocycles. The maximum absolute atomic E-state index is 11.8. The largest absolute Gasteiger partial charge is 0.508 e. The number of carbonyl (C=O) groups is 1. The number of phenols is 1. The van der Waals surface area contributed by atoms with Crippen LogP contribution in [0.15, 0.2) is 66.0 Å². The van der Waals surface area contributed by atoms with Crippen LogP contribution in [0.4, 0.5) is 0 Å². The van der Waals surface area contributed by atoms with E-state index in [1.165, 1.54) is 22.5 Å². The van der Waals surface area contributed by atoms with E-state index in [2.05, 4.69) is 26.0 Å². The number of carbonyl (C=O) groups excluding carboxylic acids is 1. The van der Waals surface area contributed by atoms with Crippen LogP contribution in [0, 0.1) is 0 Å². The van der Waals surface area contributed by atoms with Crippen molar-refractivity contribution in [3.8, 4) is 11.5 Å². The van der Waals surface area contributed by atoms with Crippen LogP contribution < -0.4 is 4.74 Å². The van der Waals surface area contributed by atoms with Gasteiger partial charge in [-0.2, -0.15) is 0 Å². The zero-order chi connectivity index (χ0) is 23.6. The van der Waals surface area contributed by atoms with E-state index in [1.54, 1.807) is 18.2 Å². The molecule has 2 aromatic carbocycles. The molecule has 3 unspecified atom stereocenters. The molecule has 0 saturated carbocycles. The fourth-order valence-corrected chi connectivity index (χ4v) is 4.38. The summed E-state index contributed by atoms with van der Waals surface area (Å²) in [6, 6.07) is 19.2. The first-order valence-corrected chi connectivity index (χ1v) is 12.2. The van der Waals surface area contributed by atoms with Crippen LogP contribution in [-0.4, -0.2) is 30.6 Å². The molecule has 0 bridgehead atoms. The van der Waals surface area contributed by atoms with Crippen LogP contribution in [0.5, 0.6) is 11.5 Å². The number of hydrogen-bond acceptors (Lipinski definition) is 6. The van der Waals surface area contributed by atoms with Gasteiger partial charge in [-0.15, -0.1) is 11.3 Å². The highest BCUT2D eigenvalue weighted by Crippen LogP contribution is 2.33. The molecule has 3 atom stereocenters.